The van der Waals surface area contributed by atoms with Crippen LogP contribution in [0.4, 0.5) is 11.4 Å². The molecule has 6 N–H and O–H groups in total. The van der Waals surface area contributed by atoms with Crippen molar-refractivity contribution in [1.82, 2.24) is 10.6 Å². The summed E-state index contributed by atoms with van der Waals surface area (Å²) in [5.41, 5.74) is 35.4. The molecular formula is C88H86N6. The maximum atomic E-state index is 6.33. The zero-order valence-corrected chi connectivity index (χ0v) is 54.7. The van der Waals surface area contributed by atoms with Gasteiger partial charge in [-0.1, -0.05) is 311 Å². The lowest BCUT2D eigenvalue weighted by molar-refractivity contribution is 0.875. The summed E-state index contributed by atoms with van der Waals surface area (Å²) in [4.78, 5) is 9.71. The minimum Gasteiger partial charge on any atom is -0.398 e. The van der Waals surface area contributed by atoms with E-state index in [-0.39, 0.29) is 6.04 Å². The molecule has 0 amide bonds. The molecule has 468 valence electrons. The van der Waals surface area contributed by atoms with E-state index < -0.39 is 0 Å². The Hall–Kier alpha value is -11.4. The van der Waals surface area contributed by atoms with Crippen molar-refractivity contribution in [2.45, 2.75) is 40.7 Å². The van der Waals surface area contributed by atoms with Gasteiger partial charge < -0.3 is 22.1 Å². The maximum Gasteiger partial charge on any atom is 0.0744 e. The largest absolute Gasteiger partial charge is 0.398 e. The molecule has 1 unspecified atom stereocenters. The van der Waals surface area contributed by atoms with E-state index in [2.05, 4.69) is 248 Å². The zero-order chi connectivity index (χ0) is 66.0. The molecule has 0 bridgehead atoms. The van der Waals surface area contributed by atoms with Crippen LogP contribution in [0.1, 0.15) is 61.6 Å². The Balaban J connectivity index is 0.000000197. The number of aliphatic imine (C=N–C) groups is 2. The molecule has 0 aliphatic carbocycles. The van der Waals surface area contributed by atoms with Crippen molar-refractivity contribution in [2.75, 3.05) is 18.8 Å². The molecule has 10 aromatic rings. The lowest BCUT2D eigenvalue weighted by Gasteiger charge is -2.16. The first-order valence-corrected chi connectivity index (χ1v) is 32.1. The molecule has 0 saturated heterocycles. The number of aryl methyl sites for hydroxylation is 1. The fourth-order valence-corrected chi connectivity index (χ4v) is 10.5. The first-order valence-electron chi connectivity index (χ1n) is 32.1. The van der Waals surface area contributed by atoms with Crippen molar-refractivity contribution >= 4 is 23.8 Å². The highest BCUT2D eigenvalue weighted by atomic mass is 14.8. The second kappa shape index (κ2) is 37.7. The van der Waals surface area contributed by atoms with Crippen LogP contribution in [0.25, 0.3) is 55.6 Å². The zero-order valence-electron chi connectivity index (χ0n) is 54.7. The van der Waals surface area contributed by atoms with Crippen LogP contribution in [0.15, 0.2) is 379 Å². The summed E-state index contributed by atoms with van der Waals surface area (Å²) >= 11 is 0. The number of allylic oxidation sites excluding steroid dienone is 12. The van der Waals surface area contributed by atoms with Crippen molar-refractivity contribution in [2.24, 2.45) is 15.7 Å². The summed E-state index contributed by atoms with van der Waals surface area (Å²) in [6, 6.07) is 89.7. The van der Waals surface area contributed by atoms with Gasteiger partial charge in [0.05, 0.1) is 24.0 Å². The summed E-state index contributed by atoms with van der Waals surface area (Å²) in [6.45, 7) is 15.3. The average Bonchev–Trinajstić information content (AvgIpc) is 0.855. The monoisotopic (exact) mass is 1230 g/mol. The predicted octanol–water partition coefficient (Wildman–Crippen LogP) is 21.8. The molecule has 0 aromatic heterocycles. The summed E-state index contributed by atoms with van der Waals surface area (Å²) in [5, 5.41) is 6.51. The Bertz CT molecular complexity index is 4290. The lowest BCUT2D eigenvalue weighted by Crippen LogP contribution is -2.13. The Morgan fingerprint density at radius 3 is 1.63 bits per heavy atom. The molecular weight excluding hydrogens is 1140 g/mol. The normalized spacial score (nSPS) is 14.8. The number of nitrogens with two attached hydrogens (primary N) is 2. The van der Waals surface area contributed by atoms with E-state index in [0.717, 1.165) is 84.9 Å². The molecule has 10 aromatic carbocycles. The molecule has 1 heterocycles. The summed E-state index contributed by atoms with van der Waals surface area (Å²) in [5.74, 6) is 0. The fourth-order valence-electron chi connectivity index (χ4n) is 10.5. The molecule has 11 rings (SSSR count). The lowest BCUT2D eigenvalue weighted by atomic mass is 9.95. The third kappa shape index (κ3) is 20.5. The van der Waals surface area contributed by atoms with Crippen molar-refractivity contribution in [3.8, 4) is 55.6 Å². The van der Waals surface area contributed by atoms with E-state index in [1.807, 2.05) is 162 Å². The number of hydrogen-bond acceptors (Lipinski definition) is 6. The van der Waals surface area contributed by atoms with Gasteiger partial charge in [-0.3, -0.25) is 9.98 Å². The van der Waals surface area contributed by atoms with Crippen LogP contribution in [0.2, 0.25) is 0 Å². The second-order valence-corrected chi connectivity index (χ2v) is 21.8. The summed E-state index contributed by atoms with van der Waals surface area (Å²) in [7, 11) is 0. The van der Waals surface area contributed by atoms with Crippen molar-refractivity contribution in [1.29, 1.82) is 0 Å². The van der Waals surface area contributed by atoms with Crippen LogP contribution in [-0.4, -0.2) is 25.5 Å². The molecule has 1 aliphatic heterocycles. The first-order chi connectivity index (χ1) is 46.3. The Kier molecular flexibility index (Phi) is 27.4. The van der Waals surface area contributed by atoms with E-state index >= 15 is 0 Å². The van der Waals surface area contributed by atoms with Crippen LogP contribution >= 0.6 is 0 Å². The number of hydrogen-bond donors (Lipinski definition) is 4. The van der Waals surface area contributed by atoms with Crippen molar-refractivity contribution in [3.05, 3.63) is 397 Å². The molecule has 0 saturated carbocycles. The van der Waals surface area contributed by atoms with Gasteiger partial charge in [0.1, 0.15) is 0 Å². The average molecular weight is 1230 g/mol. The van der Waals surface area contributed by atoms with Gasteiger partial charge in [0.2, 0.25) is 0 Å². The van der Waals surface area contributed by atoms with E-state index in [1.165, 1.54) is 38.9 Å². The van der Waals surface area contributed by atoms with Gasteiger partial charge >= 0.3 is 0 Å². The van der Waals surface area contributed by atoms with Crippen molar-refractivity contribution < 1.29 is 0 Å². The van der Waals surface area contributed by atoms with Gasteiger partial charge in [0.15, 0.2) is 0 Å². The van der Waals surface area contributed by atoms with Crippen molar-refractivity contribution in [3.63, 3.8) is 0 Å². The van der Waals surface area contributed by atoms with Gasteiger partial charge in [-0.05, 0) is 165 Å². The molecule has 1 aliphatic rings. The highest BCUT2D eigenvalue weighted by Crippen LogP contribution is 2.33. The standard InChI is InChI=1S/C42H42N4.C25H20.C19H18N2.C2H6/c1-4-6-18-36(26-30-44-27-5-2)38-23-14-9-15-28-45-29-16-17-34(31-38)33-46-42(37-21-12-8-13-22-37)40-25-24-39(32-41(40)43-3)35-19-10-7-11-20-35;1-19-16-24(21-10-6-3-7-11-21)18-25(17-19)23-14-12-22(13-15-23)20-8-4-2-5-9-20;20-18-13-16(14-7-3-1-4-8-14)11-12-17(18)19(21)15-9-5-2-6-10-15;1-2/h4-27,29-32,44-45H,3,28,33H2,1-2H3;2-18H,1H3;1-13,19H,20-21H2;1-2H3/b6-4+,15-9-,23-14+,27-5-,29-16-,30-26-,34-17+,36-18+,38-31+,46-42?;;;. The van der Waals surface area contributed by atoms with E-state index in [9.17, 15) is 0 Å². The van der Waals surface area contributed by atoms with Crippen LogP contribution in [0.3, 0.4) is 0 Å². The predicted molar refractivity (Wildman–Crippen MR) is 407 cm³/mol. The molecule has 94 heavy (non-hydrogen) atoms. The topological polar surface area (TPSA) is 101 Å². The maximum absolute atomic E-state index is 6.33. The number of nitrogens with zero attached hydrogens (tertiary/aromatic N) is 2. The SMILES string of the molecule is C=Nc1cc(-c2ccccc2)ccc1C(=NCC1=C/C=C\NC\C=C/C=C/C(C(/C=C\N/C=C\C)=C/C=C/C)=C\1)c1ccccc1.CC.Cc1cc(-c2ccccc2)cc(-c2ccc(-c3ccccc3)cc2)c1.Nc1cc(-c2ccccc2)ccc1C(N)c1ccccc1. The third-order valence-corrected chi connectivity index (χ3v) is 15.2. The Morgan fingerprint density at radius 1 is 0.553 bits per heavy atom. The fraction of sp³-hybridized carbons (Fsp3) is 0.0909. The van der Waals surface area contributed by atoms with E-state index in [0.29, 0.717) is 6.54 Å². The minimum absolute atomic E-state index is 0.198. The molecule has 0 fully saturated rings. The molecule has 1 atom stereocenters. The molecule has 0 radical (unpaired) electrons. The van der Waals surface area contributed by atoms with Crippen LogP contribution in [0.5, 0.6) is 0 Å². The summed E-state index contributed by atoms with van der Waals surface area (Å²) < 4.78 is 0. The number of anilines is 1. The van der Waals surface area contributed by atoms with E-state index in [1.54, 1.807) is 0 Å². The van der Waals surface area contributed by atoms with Gasteiger partial charge in [-0.15, -0.1) is 0 Å². The van der Waals surface area contributed by atoms with Gasteiger partial charge in [0.25, 0.3) is 0 Å². The third-order valence-electron chi connectivity index (χ3n) is 15.2. The highest BCUT2D eigenvalue weighted by molar-refractivity contribution is 6.16. The van der Waals surface area contributed by atoms with Crippen LogP contribution in [-0.2, 0) is 0 Å². The Labute approximate surface area is 559 Å². The summed E-state index contributed by atoms with van der Waals surface area (Å²) in [6.07, 6.45) is 30.7. The number of nitrogens with one attached hydrogen (secondary N) is 2. The first kappa shape index (κ1) is 68.5. The van der Waals surface area contributed by atoms with Gasteiger partial charge in [-0.25, -0.2) is 0 Å². The second-order valence-electron chi connectivity index (χ2n) is 21.8. The van der Waals surface area contributed by atoms with E-state index in [4.69, 9.17) is 16.5 Å². The van der Waals surface area contributed by atoms with Crippen LogP contribution in [0, 0.1) is 6.92 Å². The quantitative estimate of drug-likeness (QED) is 0.0414. The molecule has 6 heteroatoms. The number of nitrogen functional groups attached to an aromatic ring is 1. The van der Waals surface area contributed by atoms with Crippen LogP contribution < -0.4 is 22.1 Å². The van der Waals surface area contributed by atoms with Gasteiger partial charge in [-0.2, -0.15) is 0 Å². The molecule has 6 nitrogen and oxygen atoms in total. The highest BCUT2D eigenvalue weighted by Gasteiger charge is 2.15. The minimum atomic E-state index is -0.198. The van der Waals surface area contributed by atoms with Gasteiger partial charge in [0, 0.05) is 29.6 Å². The smallest absolute Gasteiger partial charge is 0.0744 e. The number of benzene rings is 10. The molecule has 0 spiro atoms. The number of rotatable bonds is 17. The Morgan fingerprint density at radius 2 is 1.06 bits per heavy atom.